The molecule has 3 nitrogen and oxygen atoms in total. The van der Waals surface area contributed by atoms with E-state index in [-0.39, 0.29) is 17.5 Å². The summed E-state index contributed by atoms with van der Waals surface area (Å²) in [5.74, 6) is 0. The van der Waals surface area contributed by atoms with Crippen molar-refractivity contribution in [3.8, 4) is 6.07 Å². The second-order valence-corrected chi connectivity index (χ2v) is 8.40. The van der Waals surface area contributed by atoms with Crippen LogP contribution in [0.4, 0.5) is 13.2 Å². The van der Waals surface area contributed by atoms with Gasteiger partial charge in [0.05, 0.1) is 27.7 Å². The lowest BCUT2D eigenvalue weighted by atomic mass is 9.90. The molecule has 1 aromatic carbocycles. The molecule has 2 atom stereocenters. The monoisotopic (exact) mass is 341 g/mol. The van der Waals surface area contributed by atoms with Crippen molar-refractivity contribution < 1.29 is 21.6 Å². The minimum absolute atomic E-state index is 0.0108. The summed E-state index contributed by atoms with van der Waals surface area (Å²) in [7, 11) is -3.28. The smallest absolute Gasteiger partial charge is 0.228 e. The minimum Gasteiger partial charge on any atom is -0.228 e. The molecule has 2 aliphatic rings. The summed E-state index contributed by atoms with van der Waals surface area (Å²) in [6.07, 6.45) is -1.28. The van der Waals surface area contributed by atoms with E-state index in [0.29, 0.717) is 18.4 Å². The molecule has 2 aliphatic heterocycles. The van der Waals surface area contributed by atoms with Crippen molar-refractivity contribution in [1.82, 2.24) is 0 Å². The van der Waals surface area contributed by atoms with Gasteiger partial charge in [0.15, 0.2) is 9.84 Å². The maximum Gasteiger partial charge on any atom is 0.417 e. The highest BCUT2D eigenvalue weighted by molar-refractivity contribution is 7.93. The molecule has 0 aromatic heterocycles. The summed E-state index contributed by atoms with van der Waals surface area (Å²) in [5, 5.41) is 7.53. The van der Waals surface area contributed by atoms with E-state index in [1.165, 1.54) is 18.2 Å². The van der Waals surface area contributed by atoms with Gasteiger partial charge in [-0.3, -0.25) is 0 Å². The zero-order chi connectivity index (χ0) is 16.8. The first kappa shape index (κ1) is 16.1. The van der Waals surface area contributed by atoms with Gasteiger partial charge in [-0.1, -0.05) is 18.6 Å². The average molecular weight is 341 g/mol. The first-order valence-corrected chi connectivity index (χ1v) is 8.89. The fourth-order valence-corrected chi connectivity index (χ4v) is 5.64. The van der Waals surface area contributed by atoms with Crippen molar-refractivity contribution >= 4 is 15.4 Å². The fraction of sp³-hybridized carbons (Fsp3) is 0.438. The number of nitrogens with zero attached hydrogens (tertiary/aromatic N) is 1. The molecule has 0 amide bonds. The second kappa shape index (κ2) is 5.38. The average Bonchev–Trinajstić information content (AvgIpc) is 2.44. The highest BCUT2D eigenvalue weighted by Crippen LogP contribution is 2.43. The van der Waals surface area contributed by atoms with Gasteiger partial charge in [0.2, 0.25) is 0 Å². The van der Waals surface area contributed by atoms with Crippen molar-refractivity contribution in [2.75, 3.05) is 0 Å². The number of fused-ring (bicyclic) bond motifs is 2. The molecule has 3 rings (SSSR count). The molecule has 0 radical (unpaired) electrons. The van der Waals surface area contributed by atoms with Crippen molar-refractivity contribution in [3.63, 3.8) is 0 Å². The van der Waals surface area contributed by atoms with Crippen LogP contribution in [0, 0.1) is 11.3 Å². The standard InChI is InChI=1S/C16H14F3NO2S/c17-16(18,19)15-6-10(9-20)4-5-14(15)11-7-12-2-1-3-13(8-11)23(12,21)22/h4-7,12-13H,1-3,8H2. The normalized spacial score (nSPS) is 26.3. The predicted molar refractivity (Wildman–Crippen MR) is 79.1 cm³/mol. The molecule has 23 heavy (non-hydrogen) atoms. The maximum absolute atomic E-state index is 13.3. The van der Waals surface area contributed by atoms with Crippen molar-refractivity contribution in [2.45, 2.75) is 42.4 Å². The first-order valence-electron chi connectivity index (χ1n) is 7.28. The van der Waals surface area contributed by atoms with Crippen LogP contribution in [0.25, 0.3) is 5.57 Å². The SMILES string of the molecule is N#Cc1ccc(C2=CC3CCCC(C2)S3(=O)=O)c(C(F)(F)F)c1. The number of alkyl halides is 3. The first-order chi connectivity index (χ1) is 10.7. The van der Waals surface area contributed by atoms with Gasteiger partial charge in [0, 0.05) is 0 Å². The third-order valence-electron chi connectivity index (χ3n) is 4.54. The summed E-state index contributed by atoms with van der Waals surface area (Å²) >= 11 is 0. The quantitative estimate of drug-likeness (QED) is 0.782. The number of allylic oxidation sites excluding steroid dienone is 1. The van der Waals surface area contributed by atoms with E-state index in [1.807, 2.05) is 0 Å². The van der Waals surface area contributed by atoms with Gasteiger partial charge in [0.25, 0.3) is 0 Å². The number of hydrogen-bond donors (Lipinski definition) is 0. The molecule has 0 saturated carbocycles. The van der Waals surface area contributed by atoms with E-state index in [4.69, 9.17) is 5.26 Å². The number of nitriles is 1. The van der Waals surface area contributed by atoms with E-state index in [0.717, 1.165) is 12.5 Å². The molecule has 7 heteroatoms. The third-order valence-corrected chi connectivity index (χ3v) is 7.08. The van der Waals surface area contributed by atoms with Crippen molar-refractivity contribution in [1.29, 1.82) is 5.26 Å². The Kier molecular flexibility index (Phi) is 3.75. The molecule has 1 fully saturated rings. The van der Waals surface area contributed by atoms with Gasteiger partial charge >= 0.3 is 6.18 Å². The summed E-state index contributed by atoms with van der Waals surface area (Å²) in [6.45, 7) is 0. The Bertz CT molecular complexity index is 819. The van der Waals surface area contributed by atoms with Crippen LogP contribution in [-0.4, -0.2) is 18.9 Å². The fourth-order valence-electron chi connectivity index (χ4n) is 3.38. The molecular weight excluding hydrogens is 327 g/mol. The largest absolute Gasteiger partial charge is 0.417 e. The highest BCUT2D eigenvalue weighted by Gasteiger charge is 2.42. The number of hydrogen-bond acceptors (Lipinski definition) is 3. The summed E-state index contributed by atoms with van der Waals surface area (Å²) in [4.78, 5) is 0. The van der Waals surface area contributed by atoms with Crippen LogP contribution >= 0.6 is 0 Å². The second-order valence-electron chi connectivity index (χ2n) is 5.95. The van der Waals surface area contributed by atoms with Gasteiger partial charge in [-0.15, -0.1) is 0 Å². The molecule has 0 N–H and O–H groups in total. The van der Waals surface area contributed by atoms with Gasteiger partial charge in [-0.25, -0.2) is 8.42 Å². The lowest BCUT2D eigenvalue weighted by Crippen LogP contribution is -2.38. The Hall–Kier alpha value is -1.81. The van der Waals surface area contributed by atoms with Crippen molar-refractivity contribution in [3.05, 3.63) is 41.0 Å². The molecule has 1 aromatic rings. The maximum atomic E-state index is 13.3. The lowest BCUT2D eigenvalue weighted by molar-refractivity contribution is -0.137. The Balaban J connectivity index is 2.13. The Morgan fingerprint density at radius 2 is 1.96 bits per heavy atom. The zero-order valence-corrected chi connectivity index (χ0v) is 12.9. The summed E-state index contributed by atoms with van der Waals surface area (Å²) in [6, 6.07) is 5.15. The molecule has 2 unspecified atom stereocenters. The van der Waals surface area contributed by atoms with Crippen LogP contribution < -0.4 is 0 Å². The van der Waals surface area contributed by atoms with Crippen molar-refractivity contribution in [2.24, 2.45) is 0 Å². The van der Waals surface area contributed by atoms with Crippen LogP contribution in [0.5, 0.6) is 0 Å². The molecule has 2 bridgehead atoms. The molecule has 0 spiro atoms. The third kappa shape index (κ3) is 2.76. The molecule has 0 aliphatic carbocycles. The number of rotatable bonds is 1. The molecule has 2 heterocycles. The van der Waals surface area contributed by atoms with Gasteiger partial charge < -0.3 is 0 Å². The zero-order valence-electron chi connectivity index (χ0n) is 12.1. The number of sulfone groups is 1. The predicted octanol–water partition coefficient (Wildman–Crippen LogP) is 3.70. The summed E-state index contributed by atoms with van der Waals surface area (Å²) in [5.41, 5.74) is -0.528. The Morgan fingerprint density at radius 1 is 1.22 bits per heavy atom. The Labute approximate surface area is 132 Å². The molecule has 122 valence electrons. The van der Waals surface area contributed by atoms with Crippen LogP contribution in [0.15, 0.2) is 24.3 Å². The van der Waals surface area contributed by atoms with Crippen LogP contribution in [0.3, 0.4) is 0 Å². The van der Waals surface area contributed by atoms with E-state index < -0.39 is 32.1 Å². The summed E-state index contributed by atoms with van der Waals surface area (Å²) < 4.78 is 64.4. The van der Waals surface area contributed by atoms with E-state index in [2.05, 4.69) is 0 Å². The van der Waals surface area contributed by atoms with Crippen LogP contribution in [0.2, 0.25) is 0 Å². The van der Waals surface area contributed by atoms with Gasteiger partial charge in [-0.05, 0) is 42.5 Å². The highest BCUT2D eigenvalue weighted by atomic mass is 32.2. The lowest BCUT2D eigenvalue weighted by Gasteiger charge is -2.34. The van der Waals surface area contributed by atoms with Crippen LogP contribution in [-0.2, 0) is 16.0 Å². The van der Waals surface area contributed by atoms with Gasteiger partial charge in [0.1, 0.15) is 0 Å². The number of benzene rings is 1. The van der Waals surface area contributed by atoms with E-state index in [9.17, 15) is 21.6 Å². The molecular formula is C16H14F3NO2S. The van der Waals surface area contributed by atoms with E-state index in [1.54, 1.807) is 6.07 Å². The van der Waals surface area contributed by atoms with Crippen LogP contribution in [0.1, 0.15) is 42.4 Å². The molecule has 1 saturated heterocycles. The topological polar surface area (TPSA) is 57.9 Å². The number of halogens is 3. The van der Waals surface area contributed by atoms with Gasteiger partial charge in [-0.2, -0.15) is 18.4 Å². The Morgan fingerprint density at radius 3 is 2.57 bits per heavy atom. The van der Waals surface area contributed by atoms with E-state index >= 15 is 0 Å². The minimum atomic E-state index is -4.59.